The van der Waals surface area contributed by atoms with Crippen molar-refractivity contribution >= 4 is 6.09 Å². The number of para-hydroxylation sites is 1. The van der Waals surface area contributed by atoms with Gasteiger partial charge in [-0.1, -0.05) is 26.0 Å². The maximum absolute atomic E-state index is 13.9. The first kappa shape index (κ1) is 15.6. The highest BCUT2D eigenvalue weighted by atomic mass is 19.1. The summed E-state index contributed by atoms with van der Waals surface area (Å²) in [5.41, 5.74) is 0.757. The van der Waals surface area contributed by atoms with Crippen molar-refractivity contribution in [2.75, 3.05) is 19.7 Å². The van der Waals surface area contributed by atoms with Crippen molar-refractivity contribution in [3.05, 3.63) is 29.6 Å². The van der Waals surface area contributed by atoms with Gasteiger partial charge in [0.1, 0.15) is 6.61 Å². The van der Waals surface area contributed by atoms with Gasteiger partial charge in [-0.15, -0.1) is 0 Å². The predicted molar refractivity (Wildman–Crippen MR) is 76.7 cm³/mol. The van der Waals surface area contributed by atoms with Crippen LogP contribution in [0.25, 0.3) is 0 Å². The molecular formula is C15H21FN2O3. The van der Waals surface area contributed by atoms with Gasteiger partial charge in [-0.05, 0) is 18.5 Å². The van der Waals surface area contributed by atoms with Crippen molar-refractivity contribution in [1.82, 2.24) is 10.6 Å². The molecule has 1 heterocycles. The first-order valence-corrected chi connectivity index (χ1v) is 7.11. The molecule has 116 valence electrons. The number of ether oxygens (including phenoxy) is 2. The molecule has 1 amide bonds. The van der Waals surface area contributed by atoms with E-state index >= 15 is 0 Å². The van der Waals surface area contributed by atoms with E-state index in [1.54, 1.807) is 6.07 Å². The minimum atomic E-state index is -0.462. The molecule has 0 bridgehead atoms. The lowest BCUT2D eigenvalue weighted by atomic mass is 10.1. The average Bonchev–Trinajstić information content (AvgIpc) is 2.83. The third-order valence-corrected chi connectivity index (χ3v) is 3.08. The van der Waals surface area contributed by atoms with E-state index in [1.807, 2.05) is 6.07 Å². The van der Waals surface area contributed by atoms with E-state index in [9.17, 15) is 9.18 Å². The van der Waals surface area contributed by atoms with Gasteiger partial charge in [-0.3, -0.25) is 0 Å². The summed E-state index contributed by atoms with van der Waals surface area (Å²) in [6.45, 7) is 6.12. The van der Waals surface area contributed by atoms with Gasteiger partial charge in [0.25, 0.3) is 0 Å². The molecule has 1 saturated heterocycles. The topological polar surface area (TPSA) is 59.6 Å². The molecule has 2 N–H and O–H groups in total. The molecule has 0 radical (unpaired) electrons. The molecule has 1 unspecified atom stereocenters. The Hall–Kier alpha value is -1.82. The average molecular weight is 296 g/mol. The van der Waals surface area contributed by atoms with Crippen LogP contribution in [0.3, 0.4) is 0 Å². The summed E-state index contributed by atoms with van der Waals surface area (Å²) >= 11 is 0. The molecule has 1 atom stereocenters. The Kier molecular flexibility index (Phi) is 5.38. The largest absolute Gasteiger partial charge is 0.486 e. The number of carbonyl (C=O) groups is 1. The molecule has 0 aromatic heterocycles. The summed E-state index contributed by atoms with van der Waals surface area (Å²) < 4.78 is 24.4. The predicted octanol–water partition coefficient (Wildman–Crippen LogP) is 2.06. The van der Waals surface area contributed by atoms with Crippen LogP contribution in [0.4, 0.5) is 9.18 Å². The van der Waals surface area contributed by atoms with Crippen molar-refractivity contribution in [3.63, 3.8) is 0 Å². The van der Waals surface area contributed by atoms with Gasteiger partial charge >= 0.3 is 6.09 Å². The Morgan fingerprint density at radius 1 is 1.52 bits per heavy atom. The van der Waals surface area contributed by atoms with Crippen LogP contribution in [0, 0.1) is 11.7 Å². The number of carbonyl (C=O) groups excluding carboxylic acids is 1. The Bertz CT molecular complexity index is 494. The highest BCUT2D eigenvalue weighted by Gasteiger charge is 2.23. The lowest BCUT2D eigenvalue weighted by molar-refractivity contribution is 0.103. The van der Waals surface area contributed by atoms with E-state index in [-0.39, 0.29) is 18.5 Å². The number of cyclic esters (lactones) is 1. The zero-order valence-corrected chi connectivity index (χ0v) is 12.3. The van der Waals surface area contributed by atoms with Crippen LogP contribution in [0.5, 0.6) is 5.75 Å². The van der Waals surface area contributed by atoms with Gasteiger partial charge in [-0.25, -0.2) is 9.18 Å². The van der Waals surface area contributed by atoms with Gasteiger partial charge in [0, 0.05) is 12.1 Å². The lowest BCUT2D eigenvalue weighted by Crippen LogP contribution is -2.23. The fourth-order valence-electron chi connectivity index (χ4n) is 2.05. The summed E-state index contributed by atoms with van der Waals surface area (Å²) in [6, 6.07) is 4.84. The van der Waals surface area contributed by atoms with Crippen LogP contribution in [-0.4, -0.2) is 31.9 Å². The number of nitrogens with one attached hydrogen (secondary N) is 2. The van der Waals surface area contributed by atoms with Crippen molar-refractivity contribution in [3.8, 4) is 5.75 Å². The molecule has 0 saturated carbocycles. The van der Waals surface area contributed by atoms with Crippen LogP contribution < -0.4 is 15.4 Å². The summed E-state index contributed by atoms with van der Waals surface area (Å²) in [7, 11) is 0. The first-order valence-electron chi connectivity index (χ1n) is 7.11. The SMILES string of the molecule is CC(C)CNCc1cccc(F)c1OCC1CNC(=O)O1. The second-order valence-corrected chi connectivity index (χ2v) is 5.47. The molecule has 6 heteroatoms. The summed E-state index contributed by atoms with van der Waals surface area (Å²) in [6.07, 6.45) is -0.843. The Labute approximate surface area is 123 Å². The van der Waals surface area contributed by atoms with E-state index in [1.165, 1.54) is 6.07 Å². The molecule has 0 aliphatic carbocycles. The van der Waals surface area contributed by atoms with Gasteiger partial charge in [0.05, 0.1) is 6.54 Å². The number of hydrogen-bond donors (Lipinski definition) is 2. The van der Waals surface area contributed by atoms with Gasteiger partial charge in [0.15, 0.2) is 17.7 Å². The van der Waals surface area contributed by atoms with Crippen molar-refractivity contribution in [1.29, 1.82) is 0 Å². The molecule has 2 rings (SSSR count). The molecule has 0 spiro atoms. The molecule has 1 aliphatic heterocycles. The Morgan fingerprint density at radius 3 is 3.00 bits per heavy atom. The fourth-order valence-corrected chi connectivity index (χ4v) is 2.05. The maximum atomic E-state index is 13.9. The van der Waals surface area contributed by atoms with E-state index < -0.39 is 11.9 Å². The fraction of sp³-hybridized carbons (Fsp3) is 0.533. The number of rotatable bonds is 7. The summed E-state index contributed by atoms with van der Waals surface area (Å²) in [5, 5.41) is 5.79. The number of alkyl carbamates (subject to hydrolysis) is 1. The van der Waals surface area contributed by atoms with E-state index in [4.69, 9.17) is 9.47 Å². The van der Waals surface area contributed by atoms with E-state index in [0.717, 1.165) is 12.1 Å². The zero-order chi connectivity index (χ0) is 15.2. The van der Waals surface area contributed by atoms with Crippen LogP contribution >= 0.6 is 0 Å². The first-order chi connectivity index (χ1) is 10.1. The minimum Gasteiger partial charge on any atom is -0.486 e. The highest BCUT2D eigenvalue weighted by molar-refractivity contribution is 5.69. The second-order valence-electron chi connectivity index (χ2n) is 5.47. The normalized spacial score (nSPS) is 17.7. The quantitative estimate of drug-likeness (QED) is 0.808. The number of halogens is 1. The number of hydrogen-bond acceptors (Lipinski definition) is 4. The molecule has 1 fully saturated rings. The molecule has 1 aromatic rings. The smallest absolute Gasteiger partial charge is 0.407 e. The maximum Gasteiger partial charge on any atom is 0.407 e. The minimum absolute atomic E-state index is 0.136. The number of amides is 1. The Morgan fingerprint density at radius 2 is 2.33 bits per heavy atom. The molecule has 1 aliphatic rings. The third kappa shape index (κ3) is 4.60. The van der Waals surface area contributed by atoms with Gasteiger partial charge < -0.3 is 20.1 Å². The molecule has 5 nitrogen and oxygen atoms in total. The lowest BCUT2D eigenvalue weighted by Gasteiger charge is -2.15. The van der Waals surface area contributed by atoms with Gasteiger partial charge in [0.2, 0.25) is 0 Å². The van der Waals surface area contributed by atoms with E-state index in [2.05, 4.69) is 24.5 Å². The third-order valence-electron chi connectivity index (χ3n) is 3.08. The summed E-state index contributed by atoms with van der Waals surface area (Å²) in [5.74, 6) is 0.333. The van der Waals surface area contributed by atoms with Crippen LogP contribution in [0.2, 0.25) is 0 Å². The van der Waals surface area contributed by atoms with Crippen LogP contribution in [-0.2, 0) is 11.3 Å². The van der Waals surface area contributed by atoms with Crippen molar-refractivity contribution in [2.24, 2.45) is 5.92 Å². The highest BCUT2D eigenvalue weighted by Crippen LogP contribution is 2.23. The number of benzene rings is 1. The van der Waals surface area contributed by atoms with Crippen molar-refractivity contribution < 1.29 is 18.7 Å². The Balaban J connectivity index is 1.94. The molecular weight excluding hydrogens is 275 g/mol. The monoisotopic (exact) mass is 296 g/mol. The molecule has 1 aromatic carbocycles. The second kappa shape index (κ2) is 7.26. The van der Waals surface area contributed by atoms with Crippen LogP contribution in [0.1, 0.15) is 19.4 Å². The van der Waals surface area contributed by atoms with Crippen molar-refractivity contribution in [2.45, 2.75) is 26.5 Å². The van der Waals surface area contributed by atoms with E-state index in [0.29, 0.717) is 19.0 Å². The van der Waals surface area contributed by atoms with Gasteiger partial charge in [-0.2, -0.15) is 0 Å². The zero-order valence-electron chi connectivity index (χ0n) is 12.3. The summed E-state index contributed by atoms with van der Waals surface area (Å²) in [4.78, 5) is 10.9. The van der Waals surface area contributed by atoms with Crippen LogP contribution in [0.15, 0.2) is 18.2 Å². The molecule has 21 heavy (non-hydrogen) atoms. The standard InChI is InChI=1S/C15H21FN2O3/c1-10(2)6-17-7-11-4-3-5-13(16)14(11)20-9-12-8-18-15(19)21-12/h3-5,10,12,17H,6-9H2,1-2H3,(H,18,19).